The number of nitrogens with zero attached hydrogens (tertiary/aromatic N) is 4. The number of rotatable bonds is 8. The first kappa shape index (κ1) is 17.2. The van der Waals surface area contributed by atoms with Gasteiger partial charge >= 0.3 is 0 Å². The van der Waals surface area contributed by atoms with Crippen molar-refractivity contribution in [1.29, 1.82) is 5.26 Å². The molecule has 0 saturated carbocycles. The van der Waals surface area contributed by atoms with Crippen molar-refractivity contribution in [1.82, 2.24) is 14.9 Å². The number of anilines is 1. The number of nitriles is 1. The summed E-state index contributed by atoms with van der Waals surface area (Å²) >= 11 is 1.72. The van der Waals surface area contributed by atoms with Crippen molar-refractivity contribution in [2.45, 2.75) is 13.1 Å². The van der Waals surface area contributed by atoms with E-state index in [2.05, 4.69) is 38.1 Å². The van der Waals surface area contributed by atoms with Crippen molar-refractivity contribution in [3.63, 3.8) is 0 Å². The topological polar surface area (TPSA) is 56.9 Å². The smallest absolute Gasteiger partial charge is 0.0991 e. The Morgan fingerprint density at radius 3 is 2.76 bits per heavy atom. The lowest BCUT2D eigenvalue weighted by Crippen LogP contribution is -2.32. The molecule has 1 aromatic carbocycles. The summed E-state index contributed by atoms with van der Waals surface area (Å²) in [6, 6.07) is 12.1. The Morgan fingerprint density at radius 1 is 1.28 bits per heavy atom. The predicted molar refractivity (Wildman–Crippen MR) is 101 cm³/mol. The van der Waals surface area contributed by atoms with Crippen molar-refractivity contribution < 1.29 is 0 Å². The van der Waals surface area contributed by atoms with E-state index in [-0.39, 0.29) is 0 Å². The molecule has 0 aliphatic rings. The summed E-state index contributed by atoms with van der Waals surface area (Å²) in [6.45, 7) is 3.42. The highest BCUT2D eigenvalue weighted by atomic mass is 32.1. The highest BCUT2D eigenvalue weighted by Crippen LogP contribution is 2.17. The van der Waals surface area contributed by atoms with Crippen LogP contribution in [0.1, 0.15) is 16.8 Å². The van der Waals surface area contributed by atoms with E-state index in [0.29, 0.717) is 5.56 Å². The highest BCUT2D eigenvalue weighted by molar-refractivity contribution is 7.07. The van der Waals surface area contributed by atoms with Crippen LogP contribution in [0.3, 0.4) is 0 Å². The first-order chi connectivity index (χ1) is 12.3. The SMILES string of the molecule is Cn1cncc1CN(CCNCc1ccsc1)c1ccc(C#N)cc1. The van der Waals surface area contributed by atoms with Crippen molar-refractivity contribution >= 4 is 17.0 Å². The van der Waals surface area contributed by atoms with Crippen LogP contribution in [0, 0.1) is 11.3 Å². The average molecular weight is 351 g/mol. The summed E-state index contributed by atoms with van der Waals surface area (Å²) in [6.07, 6.45) is 3.72. The Hall–Kier alpha value is -2.62. The molecule has 0 fully saturated rings. The summed E-state index contributed by atoms with van der Waals surface area (Å²) < 4.78 is 2.04. The first-order valence-corrected chi connectivity index (χ1v) is 9.12. The lowest BCUT2D eigenvalue weighted by Gasteiger charge is -2.25. The molecule has 0 spiro atoms. The molecule has 0 aliphatic carbocycles. The molecule has 0 radical (unpaired) electrons. The van der Waals surface area contributed by atoms with Gasteiger partial charge in [-0.1, -0.05) is 0 Å². The molecule has 0 bridgehead atoms. The highest BCUT2D eigenvalue weighted by Gasteiger charge is 2.10. The van der Waals surface area contributed by atoms with E-state index >= 15 is 0 Å². The van der Waals surface area contributed by atoms with Crippen LogP contribution in [0.2, 0.25) is 0 Å². The number of imidazole rings is 1. The number of aromatic nitrogens is 2. The second-order valence-corrected chi connectivity index (χ2v) is 6.66. The van der Waals surface area contributed by atoms with Gasteiger partial charge in [-0.15, -0.1) is 0 Å². The Kier molecular flexibility index (Phi) is 5.83. The van der Waals surface area contributed by atoms with E-state index in [0.717, 1.165) is 37.6 Å². The summed E-state index contributed by atoms with van der Waals surface area (Å²) in [5.74, 6) is 0. The molecule has 128 valence electrons. The van der Waals surface area contributed by atoms with Gasteiger partial charge in [-0.25, -0.2) is 4.98 Å². The van der Waals surface area contributed by atoms with Gasteiger partial charge in [-0.3, -0.25) is 0 Å². The summed E-state index contributed by atoms with van der Waals surface area (Å²) in [5.41, 5.74) is 4.26. The van der Waals surface area contributed by atoms with Crippen LogP contribution < -0.4 is 10.2 Å². The van der Waals surface area contributed by atoms with Gasteiger partial charge in [0.2, 0.25) is 0 Å². The van der Waals surface area contributed by atoms with E-state index < -0.39 is 0 Å². The van der Waals surface area contributed by atoms with E-state index in [4.69, 9.17) is 5.26 Å². The van der Waals surface area contributed by atoms with Crippen LogP contribution in [0.4, 0.5) is 5.69 Å². The van der Waals surface area contributed by atoms with Gasteiger partial charge in [-0.05, 0) is 46.7 Å². The molecule has 0 amide bonds. The normalized spacial score (nSPS) is 10.6. The largest absolute Gasteiger partial charge is 0.364 e. The van der Waals surface area contributed by atoms with Crippen LogP contribution in [-0.4, -0.2) is 22.6 Å². The molecular weight excluding hydrogens is 330 g/mol. The number of thiophene rings is 1. The van der Waals surface area contributed by atoms with Crippen molar-refractivity contribution in [2.24, 2.45) is 7.05 Å². The third-order valence-corrected chi connectivity index (χ3v) is 4.83. The van der Waals surface area contributed by atoms with Gasteiger partial charge in [0.05, 0.1) is 30.2 Å². The fraction of sp³-hybridized carbons (Fsp3) is 0.263. The molecule has 25 heavy (non-hydrogen) atoms. The number of hydrogen-bond donors (Lipinski definition) is 1. The minimum Gasteiger partial charge on any atom is -0.364 e. The molecule has 0 atom stereocenters. The zero-order valence-corrected chi connectivity index (χ0v) is 15.0. The number of aryl methyl sites for hydroxylation is 1. The predicted octanol–water partition coefficient (Wildman–Crippen LogP) is 3.15. The van der Waals surface area contributed by atoms with Gasteiger partial charge in [0, 0.05) is 38.6 Å². The number of hydrogen-bond acceptors (Lipinski definition) is 5. The minimum absolute atomic E-state index is 0.680. The Labute approximate surface area is 152 Å². The Bertz CT molecular complexity index is 814. The molecule has 1 N–H and O–H groups in total. The second kappa shape index (κ2) is 8.47. The molecule has 2 heterocycles. The summed E-state index contributed by atoms with van der Waals surface area (Å²) in [4.78, 5) is 6.51. The molecule has 0 unspecified atom stereocenters. The minimum atomic E-state index is 0.680. The quantitative estimate of drug-likeness (QED) is 0.634. The Balaban J connectivity index is 1.65. The monoisotopic (exact) mass is 351 g/mol. The van der Waals surface area contributed by atoms with Crippen LogP contribution in [0.15, 0.2) is 53.6 Å². The van der Waals surface area contributed by atoms with Crippen molar-refractivity contribution in [3.05, 3.63) is 70.4 Å². The third kappa shape index (κ3) is 4.69. The molecule has 3 aromatic rings. The maximum Gasteiger partial charge on any atom is 0.0991 e. The maximum absolute atomic E-state index is 8.99. The average Bonchev–Trinajstić information content (AvgIpc) is 3.30. The van der Waals surface area contributed by atoms with E-state index in [1.165, 1.54) is 5.56 Å². The van der Waals surface area contributed by atoms with Crippen LogP contribution >= 0.6 is 11.3 Å². The second-order valence-electron chi connectivity index (χ2n) is 5.88. The summed E-state index contributed by atoms with van der Waals surface area (Å²) in [5, 5.41) is 16.8. The molecule has 0 aliphatic heterocycles. The zero-order chi connectivity index (χ0) is 17.5. The molecule has 6 heteroatoms. The van der Waals surface area contributed by atoms with Gasteiger partial charge in [-0.2, -0.15) is 16.6 Å². The third-order valence-electron chi connectivity index (χ3n) is 4.10. The lowest BCUT2D eigenvalue weighted by molar-refractivity contribution is 0.648. The maximum atomic E-state index is 8.99. The molecule has 0 saturated heterocycles. The van der Waals surface area contributed by atoms with Crippen molar-refractivity contribution in [2.75, 3.05) is 18.0 Å². The van der Waals surface area contributed by atoms with Crippen LogP contribution in [0.25, 0.3) is 0 Å². The molecule has 3 rings (SSSR count). The Morgan fingerprint density at radius 2 is 2.12 bits per heavy atom. The van der Waals surface area contributed by atoms with Crippen LogP contribution in [0.5, 0.6) is 0 Å². The standard InChI is InChI=1S/C19H21N5S/c1-23-15-22-12-19(23)13-24(18-4-2-16(10-20)3-5-18)8-7-21-11-17-6-9-25-14-17/h2-6,9,12,14-15,21H,7-8,11,13H2,1H3. The molecule has 5 nitrogen and oxygen atoms in total. The van der Waals surface area contributed by atoms with Gasteiger partial charge in [0.1, 0.15) is 0 Å². The van der Waals surface area contributed by atoms with Gasteiger partial charge in [0.15, 0.2) is 0 Å². The van der Waals surface area contributed by atoms with E-state index in [9.17, 15) is 0 Å². The number of nitrogens with one attached hydrogen (secondary N) is 1. The number of benzene rings is 1. The lowest BCUT2D eigenvalue weighted by atomic mass is 10.2. The molecular formula is C19H21N5S. The zero-order valence-electron chi connectivity index (χ0n) is 14.2. The van der Waals surface area contributed by atoms with Crippen LogP contribution in [-0.2, 0) is 20.1 Å². The van der Waals surface area contributed by atoms with Gasteiger partial charge in [0.25, 0.3) is 0 Å². The van der Waals surface area contributed by atoms with Gasteiger partial charge < -0.3 is 14.8 Å². The fourth-order valence-corrected chi connectivity index (χ4v) is 3.29. The first-order valence-electron chi connectivity index (χ1n) is 8.18. The van der Waals surface area contributed by atoms with E-state index in [1.807, 2.05) is 48.4 Å². The molecule has 2 aromatic heterocycles. The van der Waals surface area contributed by atoms with E-state index in [1.54, 1.807) is 11.3 Å². The van der Waals surface area contributed by atoms with Crippen molar-refractivity contribution in [3.8, 4) is 6.07 Å². The summed E-state index contributed by atoms with van der Waals surface area (Å²) in [7, 11) is 2.01. The fourth-order valence-electron chi connectivity index (χ4n) is 2.62.